The van der Waals surface area contributed by atoms with Crippen LogP contribution in [-0.2, 0) is 10.0 Å². The number of anilines is 2. The number of fused-ring (bicyclic) bond motifs is 1. The number of benzene rings is 3. The fraction of sp³-hybridized carbons (Fsp3) is 0. The number of nitrogens with one attached hydrogen (secondary N) is 3. The first kappa shape index (κ1) is 17.7. The zero-order valence-electron chi connectivity index (χ0n) is 14.5. The molecular formula is C19H15N5O3S. The van der Waals surface area contributed by atoms with Crippen LogP contribution in [-0.4, -0.2) is 29.7 Å². The Morgan fingerprint density at radius 3 is 2.39 bits per heavy atom. The highest BCUT2D eigenvalue weighted by molar-refractivity contribution is 7.92. The minimum absolute atomic E-state index is 0.0957. The molecule has 3 aromatic carbocycles. The van der Waals surface area contributed by atoms with Crippen molar-refractivity contribution in [2.24, 2.45) is 0 Å². The zero-order chi connectivity index (χ0) is 19.6. The summed E-state index contributed by atoms with van der Waals surface area (Å²) in [7, 11) is -3.71. The van der Waals surface area contributed by atoms with E-state index in [2.05, 4.69) is 25.4 Å². The van der Waals surface area contributed by atoms with Crippen LogP contribution in [0.5, 0.6) is 0 Å². The molecule has 0 spiro atoms. The van der Waals surface area contributed by atoms with Crippen molar-refractivity contribution >= 4 is 38.3 Å². The molecule has 0 unspecified atom stereocenters. The molecule has 0 saturated heterocycles. The van der Waals surface area contributed by atoms with Crippen LogP contribution in [0, 0.1) is 0 Å². The summed E-state index contributed by atoms with van der Waals surface area (Å²) < 4.78 is 27.4. The average molecular weight is 393 g/mol. The molecule has 1 aromatic heterocycles. The molecule has 4 rings (SSSR count). The lowest BCUT2D eigenvalue weighted by Crippen LogP contribution is -2.14. The van der Waals surface area contributed by atoms with Crippen molar-refractivity contribution in [2.75, 3.05) is 10.0 Å². The molecule has 3 N–H and O–H groups in total. The molecule has 1 amide bonds. The summed E-state index contributed by atoms with van der Waals surface area (Å²) in [5.41, 5.74) is 2.69. The van der Waals surface area contributed by atoms with Gasteiger partial charge in [-0.15, -0.1) is 5.10 Å². The molecule has 0 atom stereocenters. The smallest absolute Gasteiger partial charge is 0.261 e. The van der Waals surface area contributed by atoms with Crippen LogP contribution in [0.3, 0.4) is 0 Å². The number of H-pyrrole nitrogens is 1. The quantitative estimate of drug-likeness (QED) is 0.482. The van der Waals surface area contributed by atoms with E-state index in [-0.39, 0.29) is 10.8 Å². The largest absolute Gasteiger partial charge is 0.322 e. The van der Waals surface area contributed by atoms with Crippen LogP contribution in [0.1, 0.15) is 10.4 Å². The summed E-state index contributed by atoms with van der Waals surface area (Å²) in [5.74, 6) is -0.331. The molecule has 9 heteroatoms. The van der Waals surface area contributed by atoms with Crippen molar-refractivity contribution in [3.8, 4) is 0 Å². The third kappa shape index (κ3) is 3.69. The van der Waals surface area contributed by atoms with E-state index in [1.807, 2.05) is 0 Å². The Bertz CT molecular complexity index is 1240. The lowest BCUT2D eigenvalue weighted by molar-refractivity contribution is 0.102. The number of sulfonamides is 1. The van der Waals surface area contributed by atoms with E-state index in [1.54, 1.807) is 48.5 Å². The van der Waals surface area contributed by atoms with Crippen molar-refractivity contribution in [2.45, 2.75) is 4.90 Å². The number of rotatable bonds is 5. The van der Waals surface area contributed by atoms with Gasteiger partial charge in [0.1, 0.15) is 5.52 Å². The highest BCUT2D eigenvalue weighted by atomic mass is 32.2. The Kier molecular flexibility index (Phi) is 4.50. The molecule has 4 aromatic rings. The molecular weight excluding hydrogens is 378 g/mol. The molecule has 0 aliphatic carbocycles. The van der Waals surface area contributed by atoms with Gasteiger partial charge in [-0.3, -0.25) is 14.6 Å². The van der Waals surface area contributed by atoms with E-state index in [0.717, 1.165) is 5.52 Å². The van der Waals surface area contributed by atoms with Gasteiger partial charge < -0.3 is 5.32 Å². The second kappa shape index (κ2) is 7.12. The van der Waals surface area contributed by atoms with Crippen molar-refractivity contribution < 1.29 is 13.2 Å². The number of para-hydroxylation sites is 1. The number of carbonyl (C=O) groups is 1. The number of aromatic nitrogens is 3. The van der Waals surface area contributed by atoms with Crippen molar-refractivity contribution in [1.82, 2.24) is 15.4 Å². The number of amides is 1. The van der Waals surface area contributed by atoms with E-state index in [4.69, 9.17) is 0 Å². The van der Waals surface area contributed by atoms with Gasteiger partial charge >= 0.3 is 0 Å². The van der Waals surface area contributed by atoms with Gasteiger partial charge in [0.25, 0.3) is 15.9 Å². The summed E-state index contributed by atoms with van der Waals surface area (Å²) in [6.45, 7) is 0. The van der Waals surface area contributed by atoms with Gasteiger partial charge in [0.15, 0.2) is 0 Å². The topological polar surface area (TPSA) is 117 Å². The van der Waals surface area contributed by atoms with E-state index in [9.17, 15) is 13.2 Å². The first-order valence-corrected chi connectivity index (χ1v) is 9.80. The summed E-state index contributed by atoms with van der Waals surface area (Å²) in [6, 6.07) is 19.5. The molecule has 0 fully saturated rings. The molecule has 0 aliphatic rings. The Hall–Kier alpha value is -3.72. The standard InChI is InChI=1S/C19H15N5O3S/c25-19(13-6-11-17-18(12-13)22-24-21-17)20-14-7-9-16(10-8-14)28(26,27)23-15-4-2-1-3-5-15/h1-12,23H,(H,20,25)(H,21,22,24). The molecule has 0 bridgehead atoms. The van der Waals surface area contributed by atoms with E-state index < -0.39 is 10.0 Å². The normalized spacial score (nSPS) is 11.3. The van der Waals surface area contributed by atoms with Gasteiger partial charge in [0.05, 0.1) is 10.4 Å². The maximum absolute atomic E-state index is 12.4. The van der Waals surface area contributed by atoms with Gasteiger partial charge in [-0.2, -0.15) is 0 Å². The summed E-state index contributed by atoms with van der Waals surface area (Å²) in [4.78, 5) is 12.5. The van der Waals surface area contributed by atoms with Gasteiger partial charge in [0, 0.05) is 16.9 Å². The third-order valence-corrected chi connectivity index (χ3v) is 5.43. The number of hydrogen-bond acceptors (Lipinski definition) is 5. The second-order valence-electron chi connectivity index (χ2n) is 5.99. The number of aromatic amines is 1. The van der Waals surface area contributed by atoms with Crippen molar-refractivity contribution in [3.63, 3.8) is 0 Å². The molecule has 0 radical (unpaired) electrons. The predicted molar refractivity (Wildman–Crippen MR) is 106 cm³/mol. The first-order chi connectivity index (χ1) is 13.5. The number of carbonyl (C=O) groups excluding carboxylic acids is 1. The Morgan fingerprint density at radius 2 is 1.64 bits per heavy atom. The fourth-order valence-electron chi connectivity index (χ4n) is 2.62. The summed E-state index contributed by atoms with van der Waals surface area (Å²) in [5, 5.41) is 13.0. The maximum Gasteiger partial charge on any atom is 0.261 e. The van der Waals surface area contributed by atoms with E-state index in [0.29, 0.717) is 22.5 Å². The third-order valence-electron chi connectivity index (χ3n) is 4.04. The maximum atomic E-state index is 12.4. The van der Waals surface area contributed by atoms with Crippen LogP contribution in [0.15, 0.2) is 77.7 Å². The highest BCUT2D eigenvalue weighted by Gasteiger charge is 2.14. The average Bonchev–Trinajstić information content (AvgIpc) is 3.16. The van der Waals surface area contributed by atoms with Crippen LogP contribution in [0.4, 0.5) is 11.4 Å². The monoisotopic (exact) mass is 393 g/mol. The summed E-state index contributed by atoms with van der Waals surface area (Å²) >= 11 is 0. The van der Waals surface area contributed by atoms with E-state index >= 15 is 0 Å². The van der Waals surface area contributed by atoms with Crippen LogP contribution >= 0.6 is 0 Å². The Balaban J connectivity index is 1.49. The molecule has 1 heterocycles. The van der Waals surface area contributed by atoms with Gasteiger partial charge in [0.2, 0.25) is 0 Å². The van der Waals surface area contributed by atoms with Gasteiger partial charge in [-0.25, -0.2) is 8.42 Å². The van der Waals surface area contributed by atoms with E-state index in [1.165, 1.54) is 24.3 Å². The van der Waals surface area contributed by atoms with Crippen LogP contribution in [0.25, 0.3) is 11.0 Å². The number of hydrogen-bond donors (Lipinski definition) is 3. The van der Waals surface area contributed by atoms with Gasteiger partial charge in [-0.05, 0) is 54.6 Å². The zero-order valence-corrected chi connectivity index (χ0v) is 15.3. The van der Waals surface area contributed by atoms with Gasteiger partial charge in [-0.1, -0.05) is 23.4 Å². The molecule has 0 saturated carbocycles. The lowest BCUT2D eigenvalue weighted by atomic mass is 10.2. The van der Waals surface area contributed by atoms with Crippen molar-refractivity contribution in [3.05, 3.63) is 78.4 Å². The minimum Gasteiger partial charge on any atom is -0.322 e. The number of nitrogens with zero attached hydrogens (tertiary/aromatic N) is 2. The van der Waals surface area contributed by atoms with Crippen LogP contribution < -0.4 is 10.0 Å². The molecule has 8 nitrogen and oxygen atoms in total. The molecule has 28 heavy (non-hydrogen) atoms. The predicted octanol–water partition coefficient (Wildman–Crippen LogP) is 3.01. The SMILES string of the molecule is O=C(Nc1ccc(S(=O)(=O)Nc2ccccc2)cc1)c1ccc2[nH]nnc2c1. The lowest BCUT2D eigenvalue weighted by Gasteiger charge is -2.09. The first-order valence-electron chi connectivity index (χ1n) is 8.31. The minimum atomic E-state index is -3.71. The van der Waals surface area contributed by atoms with Crippen LogP contribution in [0.2, 0.25) is 0 Å². The molecule has 140 valence electrons. The highest BCUT2D eigenvalue weighted by Crippen LogP contribution is 2.19. The molecule has 0 aliphatic heterocycles. The Morgan fingerprint density at radius 1 is 0.893 bits per heavy atom. The van der Waals surface area contributed by atoms with Crippen molar-refractivity contribution in [1.29, 1.82) is 0 Å². The fourth-order valence-corrected chi connectivity index (χ4v) is 3.68. The summed E-state index contributed by atoms with van der Waals surface area (Å²) in [6.07, 6.45) is 0. The second-order valence-corrected chi connectivity index (χ2v) is 7.68. The Labute approximate surface area is 160 Å².